The number of rotatable bonds is 5. The van der Waals surface area contributed by atoms with Gasteiger partial charge in [0, 0.05) is 18.8 Å². The zero-order valence-electron chi connectivity index (χ0n) is 16.9. The van der Waals surface area contributed by atoms with E-state index in [0.29, 0.717) is 11.6 Å². The molecule has 0 aromatic heterocycles. The van der Waals surface area contributed by atoms with Crippen LogP contribution in [0.1, 0.15) is 28.8 Å². The third-order valence-corrected chi connectivity index (χ3v) is 7.39. The fourth-order valence-corrected chi connectivity index (χ4v) is 5.26. The second kappa shape index (κ2) is 8.69. The molecule has 1 amide bonds. The first kappa shape index (κ1) is 25.1. The quantitative estimate of drug-likeness (QED) is 0.496. The van der Waals surface area contributed by atoms with E-state index in [1.54, 1.807) is 0 Å². The Kier molecular flexibility index (Phi) is 6.62. The molecule has 2 atom stereocenters. The van der Waals surface area contributed by atoms with Crippen molar-refractivity contribution in [2.24, 2.45) is 11.7 Å². The fourth-order valence-electron chi connectivity index (χ4n) is 3.69. The van der Waals surface area contributed by atoms with Crippen LogP contribution in [-0.4, -0.2) is 37.8 Å². The first-order chi connectivity index (χ1) is 14.9. The highest BCUT2D eigenvalue weighted by atomic mass is 35.5. The molecule has 6 nitrogen and oxygen atoms in total. The maximum absolute atomic E-state index is 14.7. The molecule has 1 fully saturated rings. The summed E-state index contributed by atoms with van der Waals surface area (Å²) in [7, 11) is -4.21. The van der Waals surface area contributed by atoms with Crippen molar-refractivity contribution in [2.45, 2.75) is 36.2 Å². The minimum atomic E-state index is -4.21. The summed E-state index contributed by atoms with van der Waals surface area (Å²) in [5, 5.41) is 0. The molecular formula is C21H19ClF4N2O4S. The number of anilines is 1. The highest BCUT2D eigenvalue weighted by Crippen LogP contribution is 2.51. The normalized spacial score (nSPS) is 22.7. The molecule has 1 aliphatic heterocycles. The van der Waals surface area contributed by atoms with Gasteiger partial charge in [0.15, 0.2) is 15.6 Å². The van der Waals surface area contributed by atoms with E-state index in [4.69, 9.17) is 5.73 Å². The van der Waals surface area contributed by atoms with Crippen LogP contribution in [0.5, 0.6) is 0 Å². The van der Waals surface area contributed by atoms with Gasteiger partial charge in [0.2, 0.25) is 5.91 Å². The van der Waals surface area contributed by atoms with E-state index in [0.717, 1.165) is 23.1 Å². The largest absolute Gasteiger partial charge is 0.319 e. The number of benzene rings is 2. The zero-order chi connectivity index (χ0) is 23.4. The van der Waals surface area contributed by atoms with E-state index in [-0.39, 0.29) is 24.6 Å². The molecule has 1 unspecified atom stereocenters. The second-order valence-electron chi connectivity index (χ2n) is 8.03. The Morgan fingerprint density at radius 2 is 1.76 bits per heavy atom. The number of alkyl halides is 2. The van der Waals surface area contributed by atoms with Crippen molar-refractivity contribution in [3.8, 4) is 0 Å². The summed E-state index contributed by atoms with van der Waals surface area (Å²) >= 11 is 0. The maximum atomic E-state index is 14.7. The highest BCUT2D eigenvalue weighted by molar-refractivity contribution is 7.91. The third kappa shape index (κ3) is 4.90. The van der Waals surface area contributed by atoms with Gasteiger partial charge in [-0.3, -0.25) is 9.59 Å². The second-order valence-corrected chi connectivity index (χ2v) is 10.0. The number of hydrogen-bond acceptors (Lipinski definition) is 5. The number of carbonyl (C=O) groups excluding carboxylic acids is 2. The fraction of sp³-hybridized carbons (Fsp3) is 0.333. The average molecular weight is 507 g/mol. The third-order valence-electron chi connectivity index (χ3n) is 5.60. The van der Waals surface area contributed by atoms with Crippen LogP contribution in [0, 0.1) is 17.6 Å². The standard InChI is InChI=1S/C21H18F4N2O4S.ClH/c22-13-3-1-11(2-4-13)9-27-17-6-14(18(28)5-12-8-21(12,24)25)15(23)7-19(17)32(30,31)10-16(26)20(27)29;/h1-4,6-7,12,16H,5,8-10,26H2;1H/t12?,16-;/m0./s1. The Morgan fingerprint density at radius 1 is 1.15 bits per heavy atom. The van der Waals surface area contributed by atoms with Gasteiger partial charge in [-0.15, -0.1) is 12.4 Å². The van der Waals surface area contributed by atoms with Crippen molar-refractivity contribution in [3.05, 3.63) is 59.2 Å². The zero-order valence-corrected chi connectivity index (χ0v) is 18.6. The molecule has 0 spiro atoms. The summed E-state index contributed by atoms with van der Waals surface area (Å²) in [5.41, 5.74) is 5.32. The number of Topliss-reactive ketones (excluding diaryl/α,β-unsaturated/α-hetero) is 1. The Hall–Kier alpha value is -2.50. The van der Waals surface area contributed by atoms with Crippen LogP contribution in [0.25, 0.3) is 0 Å². The summed E-state index contributed by atoms with van der Waals surface area (Å²) in [6, 6.07) is 5.09. The van der Waals surface area contributed by atoms with Crippen LogP contribution in [-0.2, 0) is 21.2 Å². The molecular weight excluding hydrogens is 488 g/mol. The summed E-state index contributed by atoms with van der Waals surface area (Å²) in [6.45, 7) is -0.227. The van der Waals surface area contributed by atoms with E-state index in [2.05, 4.69) is 0 Å². The van der Waals surface area contributed by atoms with Gasteiger partial charge in [-0.05, 0) is 29.8 Å². The molecule has 12 heteroatoms. The van der Waals surface area contributed by atoms with E-state index < -0.39 is 80.1 Å². The Labute approximate surface area is 193 Å². The number of nitrogens with zero attached hydrogens (tertiary/aromatic N) is 1. The predicted molar refractivity (Wildman–Crippen MR) is 113 cm³/mol. The Balaban J connectivity index is 0.00000306. The summed E-state index contributed by atoms with van der Waals surface area (Å²) in [4.78, 5) is 25.8. The Morgan fingerprint density at radius 3 is 2.33 bits per heavy atom. The molecule has 178 valence electrons. The van der Waals surface area contributed by atoms with Crippen molar-refractivity contribution >= 4 is 39.6 Å². The molecule has 1 aliphatic carbocycles. The van der Waals surface area contributed by atoms with Gasteiger partial charge in [0.1, 0.15) is 11.6 Å². The molecule has 0 bridgehead atoms. The number of carbonyl (C=O) groups is 2. The molecule has 2 aromatic rings. The van der Waals surface area contributed by atoms with Gasteiger partial charge in [0.25, 0.3) is 5.92 Å². The predicted octanol–water partition coefficient (Wildman–Crippen LogP) is 3.26. The highest BCUT2D eigenvalue weighted by Gasteiger charge is 2.57. The van der Waals surface area contributed by atoms with E-state index >= 15 is 0 Å². The first-order valence-corrected chi connectivity index (χ1v) is 11.3. The average Bonchev–Trinajstić information content (AvgIpc) is 3.32. The van der Waals surface area contributed by atoms with E-state index in [1.807, 2.05) is 0 Å². The van der Waals surface area contributed by atoms with Gasteiger partial charge < -0.3 is 10.6 Å². The van der Waals surface area contributed by atoms with Crippen molar-refractivity contribution in [1.29, 1.82) is 0 Å². The minimum absolute atomic E-state index is 0. The molecule has 4 rings (SSSR count). The van der Waals surface area contributed by atoms with Gasteiger partial charge >= 0.3 is 0 Å². The van der Waals surface area contributed by atoms with Gasteiger partial charge in [-0.2, -0.15) is 0 Å². The van der Waals surface area contributed by atoms with Crippen molar-refractivity contribution in [3.63, 3.8) is 0 Å². The van der Waals surface area contributed by atoms with Crippen molar-refractivity contribution < 1.29 is 35.6 Å². The van der Waals surface area contributed by atoms with Crippen LogP contribution in [0.15, 0.2) is 41.3 Å². The van der Waals surface area contributed by atoms with E-state index in [9.17, 15) is 35.6 Å². The number of halogens is 5. The Bertz CT molecular complexity index is 1220. The first-order valence-electron chi connectivity index (χ1n) is 9.68. The van der Waals surface area contributed by atoms with Crippen LogP contribution in [0.2, 0.25) is 0 Å². The lowest BCUT2D eigenvalue weighted by Gasteiger charge is -2.25. The van der Waals surface area contributed by atoms with E-state index in [1.165, 1.54) is 12.1 Å². The molecule has 33 heavy (non-hydrogen) atoms. The number of nitrogens with two attached hydrogens (primary N) is 1. The smallest absolute Gasteiger partial charge is 0.252 e. The number of amides is 1. The molecule has 2 N–H and O–H groups in total. The molecule has 2 aliphatic rings. The maximum Gasteiger partial charge on any atom is 0.252 e. The van der Waals surface area contributed by atoms with Gasteiger partial charge in [0.05, 0.1) is 34.5 Å². The topological polar surface area (TPSA) is 97.5 Å². The molecule has 0 saturated heterocycles. The van der Waals surface area contributed by atoms with Crippen LogP contribution in [0.3, 0.4) is 0 Å². The van der Waals surface area contributed by atoms with Crippen LogP contribution < -0.4 is 10.6 Å². The van der Waals surface area contributed by atoms with Crippen molar-refractivity contribution in [1.82, 2.24) is 0 Å². The lowest BCUT2D eigenvalue weighted by molar-refractivity contribution is -0.119. The monoisotopic (exact) mass is 506 g/mol. The molecule has 1 heterocycles. The van der Waals surface area contributed by atoms with Crippen LogP contribution in [0.4, 0.5) is 23.2 Å². The van der Waals surface area contributed by atoms with Crippen molar-refractivity contribution in [2.75, 3.05) is 10.7 Å². The van der Waals surface area contributed by atoms with Gasteiger partial charge in [-0.1, -0.05) is 12.1 Å². The lowest BCUT2D eigenvalue weighted by atomic mass is 10.0. The molecule has 0 radical (unpaired) electrons. The number of sulfone groups is 1. The number of hydrogen-bond donors (Lipinski definition) is 1. The number of fused-ring (bicyclic) bond motifs is 1. The molecule has 1 saturated carbocycles. The van der Waals surface area contributed by atoms with Crippen LogP contribution >= 0.6 is 12.4 Å². The minimum Gasteiger partial charge on any atom is -0.319 e. The van der Waals surface area contributed by atoms with Gasteiger partial charge in [-0.25, -0.2) is 26.0 Å². The SMILES string of the molecule is Cl.N[C@H]1CS(=O)(=O)c2cc(F)c(C(=O)CC3CC3(F)F)cc2N(Cc2ccc(F)cc2)C1=O. The summed E-state index contributed by atoms with van der Waals surface area (Å²) in [6.07, 6.45) is -1.09. The summed E-state index contributed by atoms with van der Waals surface area (Å²) < 4.78 is 79.9. The summed E-state index contributed by atoms with van der Waals surface area (Å²) in [5.74, 6) is -8.41. The molecule has 2 aromatic carbocycles. The number of ketones is 1. The lowest BCUT2D eigenvalue weighted by Crippen LogP contribution is -2.45.